The first-order valence-electron chi connectivity index (χ1n) is 6.11. The van der Waals surface area contributed by atoms with Crippen molar-refractivity contribution in [3.63, 3.8) is 0 Å². The fraction of sp³-hybridized carbons (Fsp3) is 0.231. The maximum absolute atomic E-state index is 5.95. The summed E-state index contributed by atoms with van der Waals surface area (Å²) in [6, 6.07) is 5.65. The highest BCUT2D eigenvalue weighted by Crippen LogP contribution is 2.21. The Hall–Kier alpha value is -2.01. The van der Waals surface area contributed by atoms with Crippen LogP contribution in [0.4, 0.5) is 5.95 Å². The maximum atomic E-state index is 5.95. The van der Waals surface area contributed by atoms with E-state index in [9.17, 15) is 0 Å². The molecule has 0 unspecified atom stereocenters. The van der Waals surface area contributed by atoms with E-state index >= 15 is 0 Å². The predicted octanol–water partition coefficient (Wildman–Crippen LogP) is 2.56. The van der Waals surface area contributed by atoms with Crippen molar-refractivity contribution in [1.29, 1.82) is 0 Å². The summed E-state index contributed by atoms with van der Waals surface area (Å²) >= 11 is 5.95. The lowest BCUT2D eigenvalue weighted by molar-refractivity contribution is 0.575. The summed E-state index contributed by atoms with van der Waals surface area (Å²) in [5.74, 6) is 0.530. The molecule has 6 heteroatoms. The van der Waals surface area contributed by atoms with Crippen molar-refractivity contribution in [2.24, 2.45) is 0 Å². The van der Waals surface area contributed by atoms with Crippen molar-refractivity contribution in [2.45, 2.75) is 19.5 Å². The van der Waals surface area contributed by atoms with Crippen LogP contribution in [0.3, 0.4) is 0 Å². The van der Waals surface area contributed by atoms with E-state index in [4.69, 9.17) is 17.3 Å². The van der Waals surface area contributed by atoms with E-state index in [-0.39, 0.29) is 0 Å². The molecule has 0 amide bonds. The topological polar surface area (TPSA) is 61.7 Å². The number of hydrogen-bond donors (Lipinski definition) is 1. The quantitative estimate of drug-likeness (QED) is 0.796. The third-order valence-electron chi connectivity index (χ3n) is 3.10. The fourth-order valence-corrected chi connectivity index (χ4v) is 2.35. The molecule has 3 aromatic rings. The Balaban J connectivity index is 1.78. The Labute approximate surface area is 115 Å². The molecule has 98 valence electrons. The zero-order valence-corrected chi connectivity index (χ0v) is 11.1. The molecule has 3 rings (SSSR count). The molecule has 5 nitrogen and oxygen atoms in total. The van der Waals surface area contributed by atoms with Gasteiger partial charge in [0.05, 0.1) is 17.4 Å². The molecule has 0 aliphatic heterocycles. The van der Waals surface area contributed by atoms with Crippen molar-refractivity contribution < 1.29 is 0 Å². The summed E-state index contributed by atoms with van der Waals surface area (Å²) in [6.07, 6.45) is 6.52. The number of rotatable bonds is 4. The van der Waals surface area contributed by atoms with Gasteiger partial charge in [-0.05, 0) is 24.6 Å². The zero-order chi connectivity index (χ0) is 13.2. The van der Waals surface area contributed by atoms with Crippen LogP contribution < -0.4 is 5.73 Å². The molecule has 0 radical (unpaired) electrons. The van der Waals surface area contributed by atoms with Crippen LogP contribution in [0.15, 0.2) is 36.9 Å². The molecular weight excluding hydrogens is 262 g/mol. The molecule has 1 aromatic carbocycles. The number of benzene rings is 1. The highest BCUT2D eigenvalue weighted by molar-refractivity contribution is 6.31. The van der Waals surface area contributed by atoms with E-state index < -0.39 is 0 Å². The van der Waals surface area contributed by atoms with E-state index in [0.29, 0.717) is 11.0 Å². The van der Waals surface area contributed by atoms with Gasteiger partial charge in [-0.3, -0.25) is 0 Å². The van der Waals surface area contributed by atoms with E-state index in [0.717, 1.165) is 30.5 Å². The Morgan fingerprint density at radius 2 is 2.16 bits per heavy atom. The van der Waals surface area contributed by atoms with Crippen LogP contribution >= 0.6 is 11.6 Å². The van der Waals surface area contributed by atoms with Crippen molar-refractivity contribution >= 4 is 28.6 Å². The highest BCUT2D eigenvalue weighted by Gasteiger charge is 2.08. The number of aryl methyl sites for hydroxylation is 2. The van der Waals surface area contributed by atoms with Gasteiger partial charge in [-0.2, -0.15) is 0 Å². The van der Waals surface area contributed by atoms with Crippen LogP contribution in [0.2, 0.25) is 5.02 Å². The van der Waals surface area contributed by atoms with Crippen LogP contribution in [0.5, 0.6) is 0 Å². The van der Waals surface area contributed by atoms with Gasteiger partial charge in [0, 0.05) is 30.5 Å². The number of halogens is 1. The largest absolute Gasteiger partial charge is 0.369 e. The van der Waals surface area contributed by atoms with Gasteiger partial charge in [0.2, 0.25) is 5.95 Å². The van der Waals surface area contributed by atoms with Crippen LogP contribution in [0.1, 0.15) is 6.42 Å². The fourth-order valence-electron chi connectivity index (χ4n) is 2.19. The number of nitrogens with two attached hydrogens (primary N) is 1. The van der Waals surface area contributed by atoms with Crippen molar-refractivity contribution in [1.82, 2.24) is 19.1 Å². The smallest absolute Gasteiger partial charge is 0.201 e. The number of aromatic nitrogens is 4. The average Bonchev–Trinajstić information content (AvgIpc) is 2.98. The molecule has 2 aromatic heterocycles. The molecule has 0 aliphatic carbocycles. The number of hydrogen-bond acceptors (Lipinski definition) is 3. The number of anilines is 1. The summed E-state index contributed by atoms with van der Waals surface area (Å²) in [6.45, 7) is 1.73. The molecule has 0 spiro atoms. The van der Waals surface area contributed by atoms with Gasteiger partial charge in [0.15, 0.2) is 0 Å². The second kappa shape index (κ2) is 4.93. The zero-order valence-electron chi connectivity index (χ0n) is 10.3. The molecular formula is C13H14ClN5. The second-order valence-electron chi connectivity index (χ2n) is 4.41. The Morgan fingerprint density at radius 1 is 1.26 bits per heavy atom. The van der Waals surface area contributed by atoms with Gasteiger partial charge >= 0.3 is 0 Å². The van der Waals surface area contributed by atoms with E-state index in [1.54, 1.807) is 6.20 Å². The number of imidazole rings is 2. The summed E-state index contributed by atoms with van der Waals surface area (Å²) in [7, 11) is 0. The summed E-state index contributed by atoms with van der Waals surface area (Å²) in [5.41, 5.74) is 7.81. The monoisotopic (exact) mass is 275 g/mol. The summed E-state index contributed by atoms with van der Waals surface area (Å²) in [4.78, 5) is 8.35. The second-order valence-corrected chi connectivity index (χ2v) is 4.85. The van der Waals surface area contributed by atoms with Gasteiger partial charge in [-0.1, -0.05) is 11.6 Å². The molecule has 0 bridgehead atoms. The van der Waals surface area contributed by atoms with Crippen LogP contribution in [-0.2, 0) is 13.1 Å². The van der Waals surface area contributed by atoms with Gasteiger partial charge < -0.3 is 14.9 Å². The molecule has 0 aliphatic rings. The number of nitrogens with zero attached hydrogens (tertiary/aromatic N) is 4. The lowest BCUT2D eigenvalue weighted by Gasteiger charge is -2.07. The van der Waals surface area contributed by atoms with Crippen molar-refractivity contribution in [3.05, 3.63) is 41.9 Å². The minimum Gasteiger partial charge on any atom is -0.369 e. The molecule has 2 heterocycles. The lowest BCUT2D eigenvalue weighted by atomic mass is 10.3. The number of nitrogen functional groups attached to an aromatic ring is 1. The van der Waals surface area contributed by atoms with Gasteiger partial charge in [0.1, 0.15) is 0 Å². The summed E-state index contributed by atoms with van der Waals surface area (Å²) < 4.78 is 4.06. The van der Waals surface area contributed by atoms with E-state index in [1.165, 1.54) is 0 Å². The first-order chi connectivity index (χ1) is 9.24. The Kier molecular flexibility index (Phi) is 3.13. The predicted molar refractivity (Wildman–Crippen MR) is 76.0 cm³/mol. The molecule has 0 fully saturated rings. The summed E-state index contributed by atoms with van der Waals surface area (Å²) in [5, 5.41) is 0.676. The first-order valence-corrected chi connectivity index (χ1v) is 6.49. The van der Waals surface area contributed by atoms with Crippen LogP contribution in [0.25, 0.3) is 11.0 Å². The van der Waals surface area contributed by atoms with Crippen molar-refractivity contribution in [3.8, 4) is 0 Å². The Morgan fingerprint density at radius 3 is 2.95 bits per heavy atom. The van der Waals surface area contributed by atoms with E-state index in [2.05, 4.69) is 9.97 Å². The SMILES string of the molecule is Nc1nc2cc(Cl)ccc2n1CCCn1ccnc1. The minimum absolute atomic E-state index is 0.530. The molecule has 2 N–H and O–H groups in total. The standard InChI is InChI=1S/C13H14ClN5/c14-10-2-3-12-11(8-10)17-13(15)19(12)6-1-5-18-7-4-16-9-18/h2-4,7-9H,1,5-6H2,(H2,15,17). The number of fused-ring (bicyclic) bond motifs is 1. The van der Waals surface area contributed by atoms with Crippen LogP contribution in [0, 0.1) is 0 Å². The van der Waals surface area contributed by atoms with Gasteiger partial charge in [0.25, 0.3) is 0 Å². The molecule has 0 saturated heterocycles. The molecule has 19 heavy (non-hydrogen) atoms. The highest BCUT2D eigenvalue weighted by atomic mass is 35.5. The normalized spacial score (nSPS) is 11.2. The lowest BCUT2D eigenvalue weighted by Crippen LogP contribution is -2.06. The van der Waals surface area contributed by atoms with Crippen molar-refractivity contribution in [2.75, 3.05) is 5.73 Å². The third-order valence-corrected chi connectivity index (χ3v) is 3.33. The maximum Gasteiger partial charge on any atom is 0.201 e. The molecule has 0 atom stereocenters. The van der Waals surface area contributed by atoms with Gasteiger partial charge in [-0.25, -0.2) is 9.97 Å². The average molecular weight is 276 g/mol. The first kappa shape index (κ1) is 12.0. The Bertz CT molecular complexity index is 686. The van der Waals surface area contributed by atoms with Gasteiger partial charge in [-0.15, -0.1) is 0 Å². The van der Waals surface area contributed by atoms with Crippen LogP contribution in [-0.4, -0.2) is 19.1 Å². The minimum atomic E-state index is 0.530. The van der Waals surface area contributed by atoms with E-state index in [1.807, 2.05) is 39.9 Å². The third kappa shape index (κ3) is 2.42. The molecule has 0 saturated carbocycles.